The van der Waals surface area contributed by atoms with E-state index >= 15 is 0 Å². The van der Waals surface area contributed by atoms with Gasteiger partial charge in [-0.1, -0.05) is 12.1 Å². The molecule has 1 aromatic carbocycles. The van der Waals surface area contributed by atoms with Crippen LogP contribution in [0, 0.1) is 0 Å². The average molecular weight is 238 g/mol. The van der Waals surface area contributed by atoms with Crippen LogP contribution in [0.4, 0.5) is 0 Å². The summed E-state index contributed by atoms with van der Waals surface area (Å²) in [5.74, 6) is 0.0191. The average Bonchev–Trinajstić information content (AvgIpc) is 2.28. The van der Waals surface area contributed by atoms with Crippen molar-refractivity contribution < 1.29 is 14.6 Å². The molecule has 0 aliphatic rings. The van der Waals surface area contributed by atoms with Crippen molar-refractivity contribution in [2.45, 2.75) is 12.5 Å². The van der Waals surface area contributed by atoms with E-state index < -0.39 is 0 Å². The highest BCUT2D eigenvalue weighted by Crippen LogP contribution is 2.11. The monoisotopic (exact) mass is 238 g/mol. The van der Waals surface area contributed by atoms with Crippen molar-refractivity contribution in [2.75, 3.05) is 20.3 Å². The summed E-state index contributed by atoms with van der Waals surface area (Å²) >= 11 is 0. The summed E-state index contributed by atoms with van der Waals surface area (Å²) in [5, 5.41) is 12.0. The van der Waals surface area contributed by atoms with Gasteiger partial charge in [0.05, 0.1) is 19.1 Å². The number of nitrogens with two attached hydrogens (primary N) is 1. The molecule has 1 atom stereocenters. The molecule has 1 unspecified atom stereocenters. The molecule has 0 saturated heterocycles. The zero-order valence-corrected chi connectivity index (χ0v) is 9.85. The van der Waals surface area contributed by atoms with Crippen LogP contribution in [0.2, 0.25) is 0 Å². The number of benzene rings is 1. The molecule has 0 saturated carbocycles. The summed E-state index contributed by atoms with van der Waals surface area (Å²) in [7, 11) is 1.56. The van der Waals surface area contributed by atoms with Crippen LogP contribution in [-0.2, 0) is 16.0 Å². The lowest BCUT2D eigenvalue weighted by Gasteiger charge is -2.15. The number of carbonyl (C=O) groups is 1. The van der Waals surface area contributed by atoms with Crippen LogP contribution in [0.5, 0.6) is 5.75 Å². The maximum atomic E-state index is 11.7. The van der Waals surface area contributed by atoms with Crippen LogP contribution in [0.1, 0.15) is 5.56 Å². The van der Waals surface area contributed by atoms with Gasteiger partial charge in [-0.2, -0.15) is 0 Å². The first-order chi connectivity index (χ1) is 8.15. The fourth-order valence-corrected chi connectivity index (χ4v) is 1.50. The minimum Gasteiger partial charge on any atom is -0.508 e. The number of hydrogen-bond donors (Lipinski definition) is 3. The van der Waals surface area contributed by atoms with Crippen LogP contribution in [0.15, 0.2) is 24.3 Å². The van der Waals surface area contributed by atoms with Gasteiger partial charge in [-0.05, 0) is 17.7 Å². The molecule has 4 N–H and O–H groups in total. The minimum atomic E-state index is -0.176. The van der Waals surface area contributed by atoms with Crippen molar-refractivity contribution in [3.8, 4) is 5.75 Å². The first-order valence-electron chi connectivity index (χ1n) is 5.42. The zero-order chi connectivity index (χ0) is 12.7. The summed E-state index contributed by atoms with van der Waals surface area (Å²) in [6.45, 7) is 0.724. The van der Waals surface area contributed by atoms with Crippen molar-refractivity contribution in [1.82, 2.24) is 5.32 Å². The number of ether oxygens (including phenoxy) is 1. The third kappa shape index (κ3) is 4.84. The van der Waals surface area contributed by atoms with E-state index in [2.05, 4.69) is 5.32 Å². The summed E-state index contributed by atoms with van der Waals surface area (Å²) in [6, 6.07) is 6.44. The molecule has 1 rings (SSSR count). The third-order valence-corrected chi connectivity index (χ3v) is 2.29. The van der Waals surface area contributed by atoms with Gasteiger partial charge < -0.3 is 20.9 Å². The van der Waals surface area contributed by atoms with Crippen molar-refractivity contribution in [1.29, 1.82) is 0 Å². The van der Waals surface area contributed by atoms with Crippen molar-refractivity contribution in [2.24, 2.45) is 5.73 Å². The predicted molar refractivity (Wildman–Crippen MR) is 64.7 cm³/mol. The quantitative estimate of drug-likeness (QED) is 0.652. The number of aromatic hydroxyl groups is 1. The molecule has 0 aliphatic heterocycles. The molecule has 0 bridgehead atoms. The summed E-state index contributed by atoms with van der Waals surface area (Å²) < 4.78 is 4.93. The summed E-state index contributed by atoms with van der Waals surface area (Å²) in [5.41, 5.74) is 6.25. The van der Waals surface area contributed by atoms with E-state index in [1.807, 2.05) is 0 Å². The number of phenolic OH excluding ortho intramolecular Hbond substituents is 1. The molecule has 0 aliphatic carbocycles. The van der Waals surface area contributed by atoms with Gasteiger partial charge in [0.2, 0.25) is 5.91 Å². The molecule has 5 heteroatoms. The maximum absolute atomic E-state index is 11.7. The van der Waals surface area contributed by atoms with Gasteiger partial charge in [-0.3, -0.25) is 4.79 Å². The number of rotatable bonds is 6. The lowest BCUT2D eigenvalue weighted by atomic mass is 10.1. The SMILES string of the molecule is COCC(CN)NC(=O)Cc1cccc(O)c1. The molecule has 17 heavy (non-hydrogen) atoms. The lowest BCUT2D eigenvalue weighted by molar-refractivity contribution is -0.121. The van der Waals surface area contributed by atoms with Crippen LogP contribution in [0.3, 0.4) is 0 Å². The Balaban J connectivity index is 2.49. The highest BCUT2D eigenvalue weighted by molar-refractivity contribution is 5.79. The van der Waals surface area contributed by atoms with Crippen molar-refractivity contribution >= 4 is 5.91 Å². The van der Waals surface area contributed by atoms with E-state index in [-0.39, 0.29) is 24.1 Å². The smallest absolute Gasteiger partial charge is 0.224 e. The molecule has 0 fully saturated rings. The van der Waals surface area contributed by atoms with Gasteiger partial charge in [-0.15, -0.1) is 0 Å². The molecule has 0 radical (unpaired) electrons. The maximum Gasteiger partial charge on any atom is 0.224 e. The number of hydrogen-bond acceptors (Lipinski definition) is 4. The van der Waals surface area contributed by atoms with Crippen molar-refractivity contribution in [3.63, 3.8) is 0 Å². The van der Waals surface area contributed by atoms with Gasteiger partial charge in [-0.25, -0.2) is 0 Å². The second-order valence-corrected chi connectivity index (χ2v) is 3.80. The van der Waals surface area contributed by atoms with E-state index in [1.165, 1.54) is 0 Å². The molecule has 0 heterocycles. The topological polar surface area (TPSA) is 84.6 Å². The Morgan fingerprint density at radius 2 is 2.35 bits per heavy atom. The van der Waals surface area contributed by atoms with Crippen LogP contribution < -0.4 is 11.1 Å². The molecule has 5 nitrogen and oxygen atoms in total. The number of methoxy groups -OCH3 is 1. The third-order valence-electron chi connectivity index (χ3n) is 2.29. The van der Waals surface area contributed by atoms with Crippen LogP contribution in [-0.4, -0.2) is 37.3 Å². The van der Waals surface area contributed by atoms with E-state index in [4.69, 9.17) is 10.5 Å². The second kappa shape index (κ2) is 6.88. The second-order valence-electron chi connectivity index (χ2n) is 3.80. The molecular formula is C12H18N2O3. The van der Waals surface area contributed by atoms with E-state index in [0.29, 0.717) is 13.2 Å². The van der Waals surface area contributed by atoms with Gasteiger partial charge in [0, 0.05) is 13.7 Å². The summed E-state index contributed by atoms with van der Waals surface area (Å²) in [4.78, 5) is 11.7. The summed E-state index contributed by atoms with van der Waals surface area (Å²) in [6.07, 6.45) is 0.217. The Hall–Kier alpha value is -1.59. The first-order valence-corrected chi connectivity index (χ1v) is 5.42. The Morgan fingerprint density at radius 1 is 1.59 bits per heavy atom. The molecule has 1 amide bonds. The molecule has 94 valence electrons. The molecule has 0 spiro atoms. The Labute approximate surface area is 101 Å². The zero-order valence-electron chi connectivity index (χ0n) is 9.85. The normalized spacial score (nSPS) is 12.1. The highest BCUT2D eigenvalue weighted by atomic mass is 16.5. The van der Waals surface area contributed by atoms with E-state index in [9.17, 15) is 9.90 Å². The Morgan fingerprint density at radius 3 is 2.94 bits per heavy atom. The predicted octanol–water partition coefficient (Wildman–Crippen LogP) is 0.0246. The molecular weight excluding hydrogens is 220 g/mol. The standard InChI is InChI=1S/C12H18N2O3/c1-17-8-10(7-13)14-12(16)6-9-3-2-4-11(15)5-9/h2-5,10,15H,6-8,13H2,1H3,(H,14,16). The van der Waals surface area contributed by atoms with Crippen molar-refractivity contribution in [3.05, 3.63) is 29.8 Å². The fourth-order valence-electron chi connectivity index (χ4n) is 1.50. The number of nitrogens with one attached hydrogen (secondary N) is 1. The van der Waals surface area contributed by atoms with Crippen LogP contribution in [0.25, 0.3) is 0 Å². The molecule has 1 aromatic rings. The first kappa shape index (κ1) is 13.5. The largest absolute Gasteiger partial charge is 0.508 e. The number of amides is 1. The lowest BCUT2D eigenvalue weighted by Crippen LogP contribution is -2.43. The Kier molecular flexibility index (Phi) is 5.45. The minimum absolute atomic E-state index is 0.136. The van der Waals surface area contributed by atoms with Crippen LogP contribution >= 0.6 is 0 Å². The van der Waals surface area contributed by atoms with Gasteiger partial charge in [0.15, 0.2) is 0 Å². The number of carbonyl (C=O) groups excluding carboxylic acids is 1. The van der Waals surface area contributed by atoms with E-state index in [1.54, 1.807) is 31.4 Å². The van der Waals surface area contributed by atoms with Gasteiger partial charge in [0.1, 0.15) is 5.75 Å². The number of phenols is 1. The highest BCUT2D eigenvalue weighted by Gasteiger charge is 2.10. The Bertz CT molecular complexity index is 369. The van der Waals surface area contributed by atoms with Gasteiger partial charge >= 0.3 is 0 Å². The molecule has 0 aromatic heterocycles. The fraction of sp³-hybridized carbons (Fsp3) is 0.417. The van der Waals surface area contributed by atoms with Gasteiger partial charge in [0.25, 0.3) is 0 Å². The van der Waals surface area contributed by atoms with E-state index in [0.717, 1.165) is 5.56 Å².